The van der Waals surface area contributed by atoms with Gasteiger partial charge in [0.25, 0.3) is 0 Å². The topological polar surface area (TPSA) is 73.9 Å². The minimum absolute atomic E-state index is 0.327. The zero-order valence-electron chi connectivity index (χ0n) is 8.21. The van der Waals surface area contributed by atoms with Crippen molar-refractivity contribution in [2.45, 2.75) is 0 Å². The molecule has 0 atom stereocenters. The standard InChI is InChI=1S/C10H10N4O/c1-15-10-13-5-7(6-14-10)9-8(11)3-2-4-12-9/h2-6H,11H2,1H3. The molecule has 2 N–H and O–H groups in total. The molecular formula is C10H10N4O. The highest BCUT2D eigenvalue weighted by atomic mass is 16.5. The molecule has 2 aromatic heterocycles. The van der Waals surface area contributed by atoms with Gasteiger partial charge in [-0.2, -0.15) is 0 Å². The van der Waals surface area contributed by atoms with Crippen LogP contribution in [0.15, 0.2) is 30.7 Å². The first kappa shape index (κ1) is 9.39. The van der Waals surface area contributed by atoms with Gasteiger partial charge in [0, 0.05) is 24.2 Å². The molecule has 0 saturated carbocycles. The van der Waals surface area contributed by atoms with E-state index in [9.17, 15) is 0 Å². The first-order valence-electron chi connectivity index (χ1n) is 4.38. The Morgan fingerprint density at radius 1 is 1.20 bits per heavy atom. The third-order valence-corrected chi connectivity index (χ3v) is 1.92. The number of aromatic nitrogens is 3. The Labute approximate surface area is 87.0 Å². The van der Waals surface area contributed by atoms with E-state index in [0.29, 0.717) is 17.4 Å². The van der Waals surface area contributed by atoms with E-state index in [-0.39, 0.29) is 0 Å². The molecule has 0 bridgehead atoms. The van der Waals surface area contributed by atoms with Crippen molar-refractivity contribution in [3.63, 3.8) is 0 Å². The Bertz CT molecular complexity index is 455. The molecule has 5 heteroatoms. The summed E-state index contributed by atoms with van der Waals surface area (Å²) >= 11 is 0. The number of hydrogen-bond donors (Lipinski definition) is 1. The van der Waals surface area contributed by atoms with Crippen molar-refractivity contribution >= 4 is 5.69 Å². The van der Waals surface area contributed by atoms with Gasteiger partial charge < -0.3 is 10.5 Å². The molecule has 0 saturated heterocycles. The summed E-state index contributed by atoms with van der Waals surface area (Å²) < 4.78 is 4.86. The van der Waals surface area contributed by atoms with Crippen molar-refractivity contribution in [2.24, 2.45) is 0 Å². The van der Waals surface area contributed by atoms with E-state index >= 15 is 0 Å². The highest BCUT2D eigenvalue weighted by Gasteiger charge is 2.04. The van der Waals surface area contributed by atoms with Gasteiger partial charge in [0.1, 0.15) is 0 Å². The second-order valence-electron chi connectivity index (χ2n) is 2.90. The summed E-state index contributed by atoms with van der Waals surface area (Å²) in [6.07, 6.45) is 4.94. The molecule has 0 aromatic carbocycles. The molecule has 15 heavy (non-hydrogen) atoms. The van der Waals surface area contributed by atoms with Crippen LogP contribution in [-0.4, -0.2) is 22.1 Å². The number of hydrogen-bond acceptors (Lipinski definition) is 5. The highest BCUT2D eigenvalue weighted by Crippen LogP contribution is 2.21. The SMILES string of the molecule is COc1ncc(-c2ncccc2N)cn1. The largest absolute Gasteiger partial charge is 0.467 e. The number of nitrogen functional groups attached to an aromatic ring is 1. The first-order chi connectivity index (χ1) is 7.31. The summed E-state index contributed by atoms with van der Waals surface area (Å²) in [5.41, 5.74) is 7.83. The number of nitrogens with two attached hydrogens (primary N) is 1. The average molecular weight is 202 g/mol. The van der Waals surface area contributed by atoms with Crippen LogP contribution in [0.5, 0.6) is 6.01 Å². The van der Waals surface area contributed by atoms with Gasteiger partial charge in [-0.25, -0.2) is 9.97 Å². The third-order valence-electron chi connectivity index (χ3n) is 1.92. The smallest absolute Gasteiger partial charge is 0.316 e. The number of rotatable bonds is 2. The molecule has 0 aliphatic rings. The average Bonchev–Trinajstić information content (AvgIpc) is 2.30. The molecule has 2 heterocycles. The molecule has 0 amide bonds. The fourth-order valence-electron chi connectivity index (χ4n) is 1.20. The van der Waals surface area contributed by atoms with E-state index in [0.717, 1.165) is 5.56 Å². The molecule has 0 fully saturated rings. The van der Waals surface area contributed by atoms with Gasteiger partial charge in [0.05, 0.1) is 18.5 Å². The van der Waals surface area contributed by atoms with E-state index in [1.54, 1.807) is 30.7 Å². The van der Waals surface area contributed by atoms with Crippen LogP contribution in [0, 0.1) is 0 Å². The van der Waals surface area contributed by atoms with E-state index in [2.05, 4.69) is 15.0 Å². The van der Waals surface area contributed by atoms with E-state index in [1.807, 2.05) is 0 Å². The van der Waals surface area contributed by atoms with Crippen LogP contribution in [0.25, 0.3) is 11.3 Å². The Hall–Kier alpha value is -2.17. The predicted octanol–water partition coefficient (Wildman–Crippen LogP) is 1.13. The molecule has 5 nitrogen and oxygen atoms in total. The third kappa shape index (κ3) is 1.85. The molecule has 0 unspecified atom stereocenters. The zero-order valence-corrected chi connectivity index (χ0v) is 8.21. The van der Waals surface area contributed by atoms with Crippen molar-refractivity contribution in [3.8, 4) is 17.3 Å². The normalized spacial score (nSPS) is 9.93. The maximum Gasteiger partial charge on any atom is 0.316 e. The maximum atomic E-state index is 5.77. The van der Waals surface area contributed by atoms with Crippen molar-refractivity contribution < 1.29 is 4.74 Å². The number of ether oxygens (including phenoxy) is 1. The number of nitrogens with zero attached hydrogens (tertiary/aromatic N) is 3. The Balaban J connectivity index is 2.42. The molecule has 0 aliphatic heterocycles. The number of methoxy groups -OCH3 is 1. The lowest BCUT2D eigenvalue weighted by Crippen LogP contribution is -1.95. The Morgan fingerprint density at radius 2 is 1.93 bits per heavy atom. The molecule has 0 spiro atoms. The molecular weight excluding hydrogens is 192 g/mol. The van der Waals surface area contributed by atoms with Gasteiger partial charge in [0.15, 0.2) is 0 Å². The van der Waals surface area contributed by atoms with E-state index in [1.165, 1.54) is 7.11 Å². The molecule has 2 aromatic rings. The zero-order chi connectivity index (χ0) is 10.7. The van der Waals surface area contributed by atoms with Gasteiger partial charge in [-0.05, 0) is 12.1 Å². The highest BCUT2D eigenvalue weighted by molar-refractivity contribution is 5.70. The Morgan fingerprint density at radius 3 is 2.53 bits per heavy atom. The summed E-state index contributed by atoms with van der Waals surface area (Å²) in [6.45, 7) is 0. The van der Waals surface area contributed by atoms with Crippen molar-refractivity contribution in [2.75, 3.05) is 12.8 Å². The fourth-order valence-corrected chi connectivity index (χ4v) is 1.20. The first-order valence-corrected chi connectivity index (χ1v) is 4.38. The van der Waals surface area contributed by atoms with Gasteiger partial charge in [-0.15, -0.1) is 0 Å². The lowest BCUT2D eigenvalue weighted by molar-refractivity contribution is 0.380. The quantitative estimate of drug-likeness (QED) is 0.790. The molecule has 76 valence electrons. The van der Waals surface area contributed by atoms with Gasteiger partial charge in [0.2, 0.25) is 0 Å². The number of pyridine rings is 1. The van der Waals surface area contributed by atoms with Crippen LogP contribution in [-0.2, 0) is 0 Å². The molecule has 2 rings (SSSR count). The minimum atomic E-state index is 0.327. The van der Waals surface area contributed by atoms with Gasteiger partial charge in [-0.3, -0.25) is 4.98 Å². The Kier molecular flexibility index (Phi) is 2.45. The van der Waals surface area contributed by atoms with Crippen molar-refractivity contribution in [1.29, 1.82) is 0 Å². The summed E-state index contributed by atoms with van der Waals surface area (Å²) in [7, 11) is 1.52. The monoisotopic (exact) mass is 202 g/mol. The van der Waals surface area contributed by atoms with Crippen LogP contribution >= 0.6 is 0 Å². The lowest BCUT2D eigenvalue weighted by atomic mass is 10.2. The van der Waals surface area contributed by atoms with Gasteiger partial charge >= 0.3 is 6.01 Å². The maximum absolute atomic E-state index is 5.77. The predicted molar refractivity (Wildman–Crippen MR) is 56.2 cm³/mol. The number of anilines is 1. The van der Waals surface area contributed by atoms with E-state index < -0.39 is 0 Å². The van der Waals surface area contributed by atoms with Crippen LogP contribution in [0.3, 0.4) is 0 Å². The van der Waals surface area contributed by atoms with Crippen LogP contribution in [0.2, 0.25) is 0 Å². The second-order valence-corrected chi connectivity index (χ2v) is 2.90. The summed E-state index contributed by atoms with van der Waals surface area (Å²) in [5, 5.41) is 0. The van der Waals surface area contributed by atoms with E-state index in [4.69, 9.17) is 10.5 Å². The molecule has 0 radical (unpaired) electrons. The van der Waals surface area contributed by atoms with Crippen LogP contribution in [0.4, 0.5) is 5.69 Å². The van der Waals surface area contributed by atoms with Crippen LogP contribution in [0.1, 0.15) is 0 Å². The minimum Gasteiger partial charge on any atom is -0.467 e. The summed E-state index contributed by atoms with van der Waals surface area (Å²) in [5.74, 6) is 0. The van der Waals surface area contributed by atoms with Crippen LogP contribution < -0.4 is 10.5 Å². The molecule has 0 aliphatic carbocycles. The fraction of sp³-hybridized carbons (Fsp3) is 0.100. The lowest BCUT2D eigenvalue weighted by Gasteiger charge is -2.03. The van der Waals surface area contributed by atoms with Crippen molar-refractivity contribution in [1.82, 2.24) is 15.0 Å². The summed E-state index contributed by atoms with van der Waals surface area (Å²) in [6, 6.07) is 3.89. The van der Waals surface area contributed by atoms with Gasteiger partial charge in [-0.1, -0.05) is 0 Å². The summed E-state index contributed by atoms with van der Waals surface area (Å²) in [4.78, 5) is 12.1. The second kappa shape index (κ2) is 3.91. The van der Waals surface area contributed by atoms with Crippen molar-refractivity contribution in [3.05, 3.63) is 30.7 Å².